The minimum Gasteiger partial charge on any atom is -0.480 e. The Balaban J connectivity index is 5.32. The summed E-state index contributed by atoms with van der Waals surface area (Å²) in [5.74, 6) is -1.01. The highest BCUT2D eigenvalue weighted by molar-refractivity contribution is 5.82. The van der Waals surface area contributed by atoms with E-state index in [9.17, 15) is 19.5 Å². The number of unbranched alkanes of at least 4 members (excludes halogenated alkanes) is 36. The Morgan fingerprint density at radius 2 is 0.459 bits per heavy atom. The van der Waals surface area contributed by atoms with E-state index in [4.69, 9.17) is 0 Å². The third-order valence-corrected chi connectivity index (χ3v) is 12.9. The van der Waals surface area contributed by atoms with Gasteiger partial charge in [-0.15, -0.1) is 0 Å². The van der Waals surface area contributed by atoms with Gasteiger partial charge in [-0.2, -0.15) is 0 Å². The first-order chi connectivity index (χ1) is 29.9. The Bertz CT molecular complexity index is 831. The van der Waals surface area contributed by atoms with Crippen LogP contribution in [0.1, 0.15) is 285 Å². The molecule has 61 heavy (non-hydrogen) atoms. The van der Waals surface area contributed by atoms with Crippen molar-refractivity contribution in [1.82, 2.24) is 14.7 Å². The molecule has 0 unspecified atom stereocenters. The van der Waals surface area contributed by atoms with E-state index in [-0.39, 0.29) is 31.4 Å². The van der Waals surface area contributed by atoms with E-state index in [2.05, 4.69) is 27.7 Å². The van der Waals surface area contributed by atoms with Crippen molar-refractivity contribution in [1.29, 1.82) is 0 Å². The second-order valence-electron chi connectivity index (χ2n) is 19.0. The fraction of sp³-hybridized carbons (Fsp3) is 0.944. The average molecular weight is 862 g/mol. The van der Waals surface area contributed by atoms with Crippen LogP contribution in [0.15, 0.2) is 0 Å². The number of carboxylic acids is 1. The van der Waals surface area contributed by atoms with Crippen LogP contribution in [0.25, 0.3) is 0 Å². The summed E-state index contributed by atoms with van der Waals surface area (Å²) < 4.78 is 0. The molecule has 0 fully saturated rings. The lowest BCUT2D eigenvalue weighted by Gasteiger charge is -2.29. The van der Waals surface area contributed by atoms with Gasteiger partial charge in [0.1, 0.15) is 0 Å². The number of carbonyl (C=O) groups is 3. The fourth-order valence-electron chi connectivity index (χ4n) is 8.82. The molecule has 0 aliphatic rings. The second-order valence-corrected chi connectivity index (χ2v) is 19.0. The number of carboxylic acid groups (broad SMARTS) is 1. The van der Waals surface area contributed by atoms with Crippen molar-refractivity contribution in [3.63, 3.8) is 0 Å². The summed E-state index contributed by atoms with van der Waals surface area (Å²) in [5, 5.41) is 9.91. The Labute approximate surface area is 381 Å². The molecule has 0 bridgehead atoms. The maximum Gasteiger partial charge on any atom is 0.317 e. The van der Waals surface area contributed by atoms with Crippen LogP contribution in [-0.4, -0.2) is 83.4 Å². The molecule has 1 N–H and O–H groups in total. The van der Waals surface area contributed by atoms with Gasteiger partial charge < -0.3 is 14.9 Å². The van der Waals surface area contributed by atoms with E-state index in [1.807, 2.05) is 9.80 Å². The molecule has 0 atom stereocenters. The van der Waals surface area contributed by atoms with Crippen molar-refractivity contribution in [2.45, 2.75) is 285 Å². The van der Waals surface area contributed by atoms with E-state index >= 15 is 0 Å². The van der Waals surface area contributed by atoms with Gasteiger partial charge in [-0.05, 0) is 25.7 Å². The van der Waals surface area contributed by atoms with Crippen LogP contribution in [0.3, 0.4) is 0 Å². The number of hydrogen-bond donors (Lipinski definition) is 1. The molecule has 0 aliphatic carbocycles. The van der Waals surface area contributed by atoms with Gasteiger partial charge in [-0.3, -0.25) is 19.3 Å². The first kappa shape index (κ1) is 59.4. The molecule has 0 saturated carbocycles. The van der Waals surface area contributed by atoms with Gasteiger partial charge >= 0.3 is 5.97 Å². The van der Waals surface area contributed by atoms with Crippen LogP contribution < -0.4 is 0 Å². The van der Waals surface area contributed by atoms with Crippen LogP contribution in [0.5, 0.6) is 0 Å². The molecule has 0 aliphatic heterocycles. The second kappa shape index (κ2) is 47.8. The Morgan fingerprint density at radius 1 is 0.279 bits per heavy atom. The lowest BCUT2D eigenvalue weighted by atomic mass is 10.1. The van der Waals surface area contributed by atoms with Gasteiger partial charge in [-0.1, -0.05) is 259 Å². The lowest BCUT2D eigenvalue weighted by molar-refractivity contribution is -0.141. The van der Waals surface area contributed by atoms with Crippen molar-refractivity contribution >= 4 is 17.8 Å². The van der Waals surface area contributed by atoms with Crippen molar-refractivity contribution in [2.75, 3.05) is 45.8 Å². The number of amides is 2. The maximum absolute atomic E-state index is 14.0. The Hall–Kier alpha value is -1.63. The van der Waals surface area contributed by atoms with E-state index < -0.39 is 5.97 Å². The first-order valence-electron chi connectivity index (χ1n) is 27.4. The molecule has 362 valence electrons. The van der Waals surface area contributed by atoms with Crippen molar-refractivity contribution < 1.29 is 19.5 Å². The normalized spacial score (nSPS) is 11.5. The number of carbonyl (C=O) groups excluding carboxylic acids is 2. The molecule has 0 radical (unpaired) electrons. The molecule has 7 nitrogen and oxygen atoms in total. The predicted octanol–water partition coefficient (Wildman–Crippen LogP) is 15.7. The molecule has 0 spiro atoms. The molecule has 2 amide bonds. The summed E-state index contributed by atoms with van der Waals surface area (Å²) in [6.45, 7) is 11.7. The third-order valence-electron chi connectivity index (χ3n) is 12.9. The summed E-state index contributed by atoms with van der Waals surface area (Å²) in [4.78, 5) is 45.7. The smallest absolute Gasteiger partial charge is 0.317 e. The number of rotatable bonds is 50. The predicted molar refractivity (Wildman–Crippen MR) is 265 cm³/mol. The highest BCUT2D eigenvalue weighted by atomic mass is 16.4. The summed E-state index contributed by atoms with van der Waals surface area (Å²) >= 11 is 0. The standard InChI is InChI=1S/C54H107N3O4/c1-5-9-13-17-21-25-29-33-37-41-45-56(46-42-38-34-30-26-22-18-14-10-6-2)52(58)49-55(51-54(60)61)50-53(59)57(47-43-39-35-31-27-23-19-15-11-7-3)48-44-40-36-32-28-24-20-16-12-8-4/h5-51H2,1-4H3,(H,60,61). The van der Waals surface area contributed by atoms with Gasteiger partial charge in [-0.25, -0.2) is 0 Å². The topological polar surface area (TPSA) is 81.2 Å². The molecule has 0 aromatic heterocycles. The molecule has 0 rings (SSSR count). The Kier molecular flexibility index (Phi) is 46.6. The van der Waals surface area contributed by atoms with Gasteiger partial charge in [0.25, 0.3) is 0 Å². The minimum absolute atomic E-state index is 0.00207. The third kappa shape index (κ3) is 42.1. The van der Waals surface area contributed by atoms with Crippen molar-refractivity contribution in [3.8, 4) is 0 Å². The highest BCUT2D eigenvalue weighted by Gasteiger charge is 2.23. The lowest BCUT2D eigenvalue weighted by Crippen LogP contribution is -2.47. The molecule has 7 heteroatoms. The van der Waals surface area contributed by atoms with E-state index in [1.54, 1.807) is 4.90 Å². The molecule has 0 aromatic carbocycles. The van der Waals surface area contributed by atoms with E-state index in [0.29, 0.717) is 0 Å². The van der Waals surface area contributed by atoms with Gasteiger partial charge in [0, 0.05) is 26.2 Å². The van der Waals surface area contributed by atoms with E-state index in [1.165, 1.54) is 205 Å². The molecule has 0 aromatic rings. The number of aliphatic carboxylic acids is 1. The summed E-state index contributed by atoms with van der Waals surface area (Å²) in [5.41, 5.74) is 0. The SMILES string of the molecule is CCCCCCCCCCCCN(CCCCCCCCCCCC)C(=O)CN(CC(=O)O)CC(=O)N(CCCCCCCCCCCC)CCCCCCCCCCCC. The van der Waals surface area contributed by atoms with Gasteiger partial charge in [0.15, 0.2) is 0 Å². The average Bonchev–Trinajstić information content (AvgIpc) is 3.24. The highest BCUT2D eigenvalue weighted by Crippen LogP contribution is 2.16. The summed E-state index contributed by atoms with van der Waals surface area (Å²) in [6.07, 6.45) is 50.2. The zero-order valence-electron chi connectivity index (χ0n) is 41.7. The minimum atomic E-state index is -0.979. The Morgan fingerprint density at radius 3 is 0.639 bits per heavy atom. The van der Waals surface area contributed by atoms with Gasteiger partial charge in [0.2, 0.25) is 11.8 Å². The number of nitrogens with zero attached hydrogens (tertiary/aromatic N) is 3. The van der Waals surface area contributed by atoms with Crippen LogP contribution >= 0.6 is 0 Å². The first-order valence-corrected chi connectivity index (χ1v) is 27.4. The van der Waals surface area contributed by atoms with Crippen molar-refractivity contribution in [3.05, 3.63) is 0 Å². The van der Waals surface area contributed by atoms with Crippen LogP contribution in [0, 0.1) is 0 Å². The van der Waals surface area contributed by atoms with Crippen LogP contribution in [0.4, 0.5) is 0 Å². The molecule has 0 saturated heterocycles. The zero-order chi connectivity index (χ0) is 44.7. The largest absolute Gasteiger partial charge is 0.480 e. The fourth-order valence-corrected chi connectivity index (χ4v) is 8.82. The van der Waals surface area contributed by atoms with E-state index in [0.717, 1.165) is 77.5 Å². The quantitative estimate of drug-likeness (QED) is 0.0616. The van der Waals surface area contributed by atoms with Gasteiger partial charge in [0.05, 0.1) is 19.6 Å². The van der Waals surface area contributed by atoms with Crippen LogP contribution in [-0.2, 0) is 14.4 Å². The monoisotopic (exact) mass is 862 g/mol. The maximum atomic E-state index is 14.0. The van der Waals surface area contributed by atoms with Crippen LogP contribution in [0.2, 0.25) is 0 Å². The summed E-state index contributed by atoms with van der Waals surface area (Å²) in [7, 11) is 0. The molecule has 0 heterocycles. The summed E-state index contributed by atoms with van der Waals surface area (Å²) in [6, 6.07) is 0. The molecular formula is C54H107N3O4. The zero-order valence-corrected chi connectivity index (χ0v) is 41.7. The number of hydrogen-bond acceptors (Lipinski definition) is 4. The molecular weight excluding hydrogens is 755 g/mol. The van der Waals surface area contributed by atoms with Crippen molar-refractivity contribution in [2.24, 2.45) is 0 Å².